The Morgan fingerprint density at radius 1 is 1.14 bits per heavy atom. The van der Waals surface area contributed by atoms with E-state index in [-0.39, 0.29) is 12.0 Å². The highest BCUT2D eigenvalue weighted by molar-refractivity contribution is 6.10. The summed E-state index contributed by atoms with van der Waals surface area (Å²) in [5, 5.41) is 2.68. The first-order valence-corrected chi connectivity index (χ1v) is 11.0. The van der Waals surface area contributed by atoms with Gasteiger partial charge in [0.25, 0.3) is 5.91 Å². The second kappa shape index (κ2) is 8.86. The first-order chi connectivity index (χ1) is 16.4. The summed E-state index contributed by atoms with van der Waals surface area (Å²) in [6, 6.07) is 8.70. The Hall–Kier alpha value is -3.63. The summed E-state index contributed by atoms with van der Waals surface area (Å²) in [6.07, 6.45) is -4.50. The molecule has 35 heavy (non-hydrogen) atoms. The Morgan fingerprint density at radius 2 is 1.80 bits per heavy atom. The molecule has 1 fully saturated rings. The Morgan fingerprint density at radius 3 is 2.46 bits per heavy atom. The number of nitrogens with zero attached hydrogens (tertiary/aromatic N) is 3. The van der Waals surface area contributed by atoms with Crippen LogP contribution in [0.25, 0.3) is 0 Å². The molecule has 7 nitrogen and oxygen atoms in total. The van der Waals surface area contributed by atoms with E-state index in [0.717, 1.165) is 24.7 Å². The minimum absolute atomic E-state index is 0.244. The number of nitrogens with one attached hydrogen (secondary N) is 1. The lowest BCUT2D eigenvalue weighted by Crippen LogP contribution is -2.52. The van der Waals surface area contributed by atoms with Gasteiger partial charge in [0, 0.05) is 37.8 Å². The van der Waals surface area contributed by atoms with Crippen LogP contribution in [0, 0.1) is 5.82 Å². The Balaban J connectivity index is 1.61. The topological polar surface area (TPSA) is 73.0 Å². The van der Waals surface area contributed by atoms with Crippen LogP contribution < -0.4 is 10.2 Å². The number of carbonyl (C=O) groups is 3. The van der Waals surface area contributed by atoms with Gasteiger partial charge in [0.1, 0.15) is 18.4 Å². The van der Waals surface area contributed by atoms with Gasteiger partial charge in [-0.1, -0.05) is 30.3 Å². The fourth-order valence-electron chi connectivity index (χ4n) is 4.51. The molecule has 1 N–H and O–H groups in total. The molecule has 1 saturated heterocycles. The summed E-state index contributed by atoms with van der Waals surface area (Å²) in [5.41, 5.74) is 0.185. The van der Waals surface area contributed by atoms with Crippen molar-refractivity contribution in [3.05, 3.63) is 65.5 Å². The van der Waals surface area contributed by atoms with E-state index >= 15 is 0 Å². The smallest absolute Gasteiger partial charge is 0.374 e. The van der Waals surface area contributed by atoms with Gasteiger partial charge in [-0.05, 0) is 30.7 Å². The third-order valence-corrected chi connectivity index (χ3v) is 6.59. The number of fused-ring (bicyclic) bond motifs is 2. The maximum Gasteiger partial charge on any atom is 0.408 e. The zero-order valence-electron chi connectivity index (χ0n) is 19.1. The van der Waals surface area contributed by atoms with Gasteiger partial charge in [-0.25, -0.2) is 9.18 Å². The Kier molecular flexibility index (Phi) is 6.20. The number of carbonyl (C=O) groups excluding carboxylic acids is 3. The van der Waals surface area contributed by atoms with Crippen LogP contribution in [0.4, 0.5) is 28.0 Å². The van der Waals surface area contributed by atoms with Crippen molar-refractivity contribution in [3.63, 3.8) is 0 Å². The fourth-order valence-corrected chi connectivity index (χ4v) is 4.51. The molecule has 4 rings (SSSR count). The predicted molar refractivity (Wildman–Crippen MR) is 119 cm³/mol. The largest absolute Gasteiger partial charge is 0.408 e. The second-order valence-electron chi connectivity index (χ2n) is 8.78. The monoisotopic (exact) mass is 492 g/mol. The SMILES string of the molecule is C[C@H](N(Cc1ccc(F)cc1)C(=O)CN1C(=O)NC2(CCN(C)c3ccccc32)C1=O)C(F)(F)F. The Labute approximate surface area is 199 Å². The molecular formula is C24H24F4N4O3. The maximum atomic E-state index is 13.6. The number of hydrogen-bond donors (Lipinski definition) is 1. The van der Waals surface area contributed by atoms with Crippen molar-refractivity contribution < 1.29 is 31.9 Å². The van der Waals surface area contributed by atoms with Gasteiger partial charge in [-0.2, -0.15) is 13.2 Å². The average molecular weight is 492 g/mol. The molecule has 2 heterocycles. The third kappa shape index (κ3) is 4.42. The predicted octanol–water partition coefficient (Wildman–Crippen LogP) is 3.39. The van der Waals surface area contributed by atoms with Gasteiger partial charge in [0.05, 0.1) is 0 Å². The number of rotatable bonds is 5. The van der Waals surface area contributed by atoms with Gasteiger partial charge < -0.3 is 15.1 Å². The third-order valence-electron chi connectivity index (χ3n) is 6.59. The molecule has 0 aliphatic carbocycles. The number of benzene rings is 2. The van der Waals surface area contributed by atoms with Crippen LogP contribution >= 0.6 is 0 Å². The standard InChI is InChI=1S/C24H24F4N4O3/c1-15(24(26,27)28)31(13-16-7-9-17(25)10-8-16)20(33)14-32-21(34)23(29-22(32)35)11-12-30(2)19-6-4-3-5-18(19)23/h3-10,15H,11-14H2,1-2H3,(H,29,35)/t15-,23?/m0/s1. The number of halogens is 4. The van der Waals surface area contributed by atoms with E-state index in [1.807, 2.05) is 11.9 Å². The summed E-state index contributed by atoms with van der Waals surface area (Å²) >= 11 is 0. The van der Waals surface area contributed by atoms with Crippen LogP contribution in [0.1, 0.15) is 24.5 Å². The molecule has 2 atom stereocenters. The van der Waals surface area contributed by atoms with Crippen molar-refractivity contribution in [1.82, 2.24) is 15.1 Å². The number of amides is 4. The first kappa shape index (κ1) is 24.5. The second-order valence-corrected chi connectivity index (χ2v) is 8.78. The van der Waals surface area contributed by atoms with Gasteiger partial charge in [-0.3, -0.25) is 14.5 Å². The molecule has 2 aliphatic rings. The van der Waals surface area contributed by atoms with Gasteiger partial charge in [0.15, 0.2) is 5.54 Å². The van der Waals surface area contributed by atoms with E-state index in [1.54, 1.807) is 24.3 Å². The normalized spacial score (nSPS) is 20.6. The lowest BCUT2D eigenvalue weighted by atomic mass is 9.82. The summed E-state index contributed by atoms with van der Waals surface area (Å²) < 4.78 is 53.9. The minimum atomic E-state index is -4.75. The molecule has 2 aromatic rings. The number of anilines is 1. The molecule has 0 radical (unpaired) electrons. The molecule has 0 saturated carbocycles. The lowest BCUT2D eigenvalue weighted by Gasteiger charge is -2.38. The van der Waals surface area contributed by atoms with Crippen molar-refractivity contribution in [2.24, 2.45) is 0 Å². The summed E-state index contributed by atoms with van der Waals surface area (Å²) in [6.45, 7) is -0.0527. The van der Waals surface area contributed by atoms with E-state index < -0.39 is 54.5 Å². The van der Waals surface area contributed by atoms with E-state index in [4.69, 9.17) is 0 Å². The van der Waals surface area contributed by atoms with Gasteiger partial charge in [-0.15, -0.1) is 0 Å². The average Bonchev–Trinajstić information content (AvgIpc) is 3.05. The van der Waals surface area contributed by atoms with E-state index in [0.29, 0.717) is 21.9 Å². The molecule has 4 amide bonds. The van der Waals surface area contributed by atoms with Crippen LogP contribution in [0.15, 0.2) is 48.5 Å². The highest BCUT2D eigenvalue weighted by Crippen LogP contribution is 2.41. The van der Waals surface area contributed by atoms with Crippen LogP contribution in [0.5, 0.6) is 0 Å². The molecular weight excluding hydrogens is 468 g/mol. The number of hydrogen-bond acceptors (Lipinski definition) is 4. The van der Waals surface area contributed by atoms with E-state index in [1.165, 1.54) is 12.1 Å². The molecule has 1 spiro atoms. The summed E-state index contributed by atoms with van der Waals surface area (Å²) in [4.78, 5) is 42.5. The van der Waals surface area contributed by atoms with Gasteiger partial charge >= 0.3 is 12.2 Å². The highest BCUT2D eigenvalue weighted by Gasteiger charge is 2.55. The van der Waals surface area contributed by atoms with Crippen LogP contribution in [-0.4, -0.2) is 60.0 Å². The summed E-state index contributed by atoms with van der Waals surface area (Å²) in [5.74, 6) is -2.31. The number of urea groups is 1. The Bertz CT molecular complexity index is 1150. The molecule has 11 heteroatoms. The zero-order valence-corrected chi connectivity index (χ0v) is 19.1. The van der Waals surface area contributed by atoms with Crippen molar-refractivity contribution in [2.45, 2.75) is 37.6 Å². The van der Waals surface area contributed by atoms with Crippen LogP contribution in [0.2, 0.25) is 0 Å². The molecule has 2 aliphatic heterocycles. The van der Waals surface area contributed by atoms with Crippen molar-refractivity contribution in [2.75, 3.05) is 25.0 Å². The zero-order chi connectivity index (χ0) is 25.5. The van der Waals surface area contributed by atoms with Crippen LogP contribution in [-0.2, 0) is 21.7 Å². The number of imide groups is 1. The first-order valence-electron chi connectivity index (χ1n) is 11.0. The molecule has 0 bridgehead atoms. The quantitative estimate of drug-likeness (QED) is 0.513. The minimum Gasteiger partial charge on any atom is -0.374 e. The fraction of sp³-hybridized carbons (Fsp3) is 0.375. The highest BCUT2D eigenvalue weighted by atomic mass is 19.4. The van der Waals surface area contributed by atoms with Gasteiger partial charge in [0.2, 0.25) is 5.91 Å². The summed E-state index contributed by atoms with van der Waals surface area (Å²) in [7, 11) is 1.85. The molecule has 0 aromatic heterocycles. The molecule has 2 aromatic carbocycles. The van der Waals surface area contributed by atoms with Crippen LogP contribution in [0.3, 0.4) is 0 Å². The lowest BCUT2D eigenvalue weighted by molar-refractivity contribution is -0.187. The van der Waals surface area contributed by atoms with E-state index in [9.17, 15) is 31.9 Å². The molecule has 186 valence electrons. The maximum absolute atomic E-state index is 13.6. The van der Waals surface area contributed by atoms with Crippen molar-refractivity contribution in [1.29, 1.82) is 0 Å². The molecule has 1 unspecified atom stereocenters. The van der Waals surface area contributed by atoms with Crippen molar-refractivity contribution >= 4 is 23.5 Å². The number of alkyl halides is 3. The van der Waals surface area contributed by atoms with E-state index in [2.05, 4.69) is 5.32 Å². The van der Waals surface area contributed by atoms with Crippen molar-refractivity contribution in [3.8, 4) is 0 Å². The number of para-hydroxylation sites is 1.